The van der Waals surface area contributed by atoms with Gasteiger partial charge in [-0.05, 0) is 30.9 Å². The molecule has 0 aliphatic heterocycles. The van der Waals surface area contributed by atoms with Crippen LogP contribution in [-0.4, -0.2) is 27.3 Å². The lowest BCUT2D eigenvalue weighted by Gasteiger charge is -2.02. The molecule has 0 bridgehead atoms. The zero-order valence-corrected chi connectivity index (χ0v) is 13.2. The lowest BCUT2D eigenvalue weighted by molar-refractivity contribution is 0.527. The number of hydrogen-bond acceptors (Lipinski definition) is 5. The molecule has 0 atom stereocenters. The van der Waals surface area contributed by atoms with E-state index in [1.165, 1.54) is 17.3 Å². The minimum Gasteiger partial charge on any atom is -0.460 e. The highest BCUT2D eigenvalue weighted by Crippen LogP contribution is 2.16. The Bertz CT molecular complexity index is 777. The van der Waals surface area contributed by atoms with Crippen LogP contribution in [0.3, 0.4) is 0 Å². The normalized spacial score (nSPS) is 11.4. The van der Waals surface area contributed by atoms with Crippen molar-refractivity contribution < 1.29 is 4.42 Å². The molecule has 0 saturated carbocycles. The Morgan fingerprint density at radius 3 is 2.68 bits per heavy atom. The maximum Gasteiger partial charge on any atom is 0.211 e. The van der Waals surface area contributed by atoms with Gasteiger partial charge in [-0.25, -0.2) is 0 Å². The zero-order valence-electron chi connectivity index (χ0n) is 12.4. The summed E-state index contributed by atoms with van der Waals surface area (Å²) < 4.78 is 7.26. The van der Waals surface area contributed by atoms with Crippen molar-refractivity contribution in [1.82, 2.24) is 14.9 Å². The van der Waals surface area contributed by atoms with Crippen LogP contribution in [-0.2, 0) is 6.42 Å². The number of furan rings is 1. The van der Waals surface area contributed by atoms with Gasteiger partial charge in [0.05, 0.1) is 6.21 Å². The van der Waals surface area contributed by atoms with E-state index in [2.05, 4.69) is 27.4 Å². The van der Waals surface area contributed by atoms with E-state index in [4.69, 9.17) is 4.42 Å². The monoisotopic (exact) mass is 312 g/mol. The van der Waals surface area contributed by atoms with Crippen molar-refractivity contribution in [3.8, 4) is 0 Å². The molecule has 22 heavy (non-hydrogen) atoms. The van der Waals surface area contributed by atoms with Gasteiger partial charge in [-0.2, -0.15) is 9.78 Å². The quantitative estimate of drug-likeness (QED) is 0.535. The molecule has 0 fully saturated rings. The maximum absolute atomic E-state index is 5.50. The van der Waals surface area contributed by atoms with Gasteiger partial charge in [0.2, 0.25) is 5.16 Å². The van der Waals surface area contributed by atoms with Crippen LogP contribution in [0.4, 0.5) is 0 Å². The first-order chi connectivity index (χ1) is 10.8. The van der Waals surface area contributed by atoms with Gasteiger partial charge < -0.3 is 4.42 Å². The molecule has 0 radical (unpaired) electrons. The summed E-state index contributed by atoms with van der Waals surface area (Å²) in [5, 5.41) is 13.7. The Hall–Kier alpha value is -2.34. The Morgan fingerprint density at radius 1 is 1.18 bits per heavy atom. The minimum absolute atomic E-state index is 0.683. The number of hydrogen-bond donors (Lipinski definition) is 0. The fraction of sp³-hybridized carbons (Fsp3) is 0.188. The molecule has 3 rings (SSSR count). The average Bonchev–Trinajstić information content (AvgIpc) is 3.12. The van der Waals surface area contributed by atoms with E-state index in [9.17, 15) is 0 Å². The molecule has 112 valence electrons. The lowest BCUT2D eigenvalue weighted by Crippen LogP contribution is -2.01. The molecule has 1 aromatic carbocycles. The number of benzene rings is 1. The number of thioether (sulfide) groups is 1. The standard InChI is InChI=1S/C16H16N4OS/c1-12-8-9-14(21-12)11-17-20-15(18-19-16(20)22-2)10-13-6-4-3-5-7-13/h3-9,11H,10H2,1-2H3/b17-11-. The smallest absolute Gasteiger partial charge is 0.211 e. The largest absolute Gasteiger partial charge is 0.460 e. The molecule has 0 aliphatic rings. The summed E-state index contributed by atoms with van der Waals surface area (Å²) >= 11 is 1.51. The highest BCUT2D eigenvalue weighted by atomic mass is 32.2. The van der Waals surface area contributed by atoms with Gasteiger partial charge in [-0.1, -0.05) is 42.1 Å². The summed E-state index contributed by atoms with van der Waals surface area (Å²) in [7, 11) is 0. The van der Waals surface area contributed by atoms with Crippen molar-refractivity contribution in [2.24, 2.45) is 5.10 Å². The summed E-state index contributed by atoms with van der Waals surface area (Å²) in [5.41, 5.74) is 1.17. The molecule has 0 saturated heterocycles. The van der Waals surface area contributed by atoms with Gasteiger partial charge in [0, 0.05) is 6.42 Å². The maximum atomic E-state index is 5.50. The molecule has 0 aliphatic carbocycles. The van der Waals surface area contributed by atoms with Crippen LogP contribution >= 0.6 is 11.8 Å². The van der Waals surface area contributed by atoms with E-state index in [1.807, 2.05) is 43.5 Å². The molecule has 0 N–H and O–H groups in total. The van der Waals surface area contributed by atoms with E-state index >= 15 is 0 Å². The first-order valence-electron chi connectivity index (χ1n) is 6.89. The van der Waals surface area contributed by atoms with E-state index in [1.54, 1.807) is 10.9 Å². The molecule has 3 aromatic rings. The lowest BCUT2D eigenvalue weighted by atomic mass is 10.1. The third kappa shape index (κ3) is 3.28. The fourth-order valence-corrected chi connectivity index (χ4v) is 2.51. The van der Waals surface area contributed by atoms with Crippen LogP contribution in [0, 0.1) is 6.92 Å². The molecule has 0 amide bonds. The molecule has 0 spiro atoms. The second-order valence-electron chi connectivity index (χ2n) is 4.77. The van der Waals surface area contributed by atoms with Crippen LogP contribution < -0.4 is 0 Å². The Kier molecular flexibility index (Phi) is 4.39. The van der Waals surface area contributed by atoms with Crippen molar-refractivity contribution >= 4 is 18.0 Å². The number of rotatable bonds is 5. The van der Waals surface area contributed by atoms with Crippen LogP contribution in [0.5, 0.6) is 0 Å². The molecular formula is C16H16N4OS. The van der Waals surface area contributed by atoms with Crippen LogP contribution in [0.2, 0.25) is 0 Å². The predicted molar refractivity (Wildman–Crippen MR) is 87.5 cm³/mol. The van der Waals surface area contributed by atoms with Crippen LogP contribution in [0.25, 0.3) is 0 Å². The van der Waals surface area contributed by atoms with E-state index in [-0.39, 0.29) is 0 Å². The number of nitrogens with zero attached hydrogens (tertiary/aromatic N) is 4. The van der Waals surface area contributed by atoms with Crippen LogP contribution in [0.1, 0.15) is 22.9 Å². The van der Waals surface area contributed by atoms with Crippen molar-refractivity contribution in [2.75, 3.05) is 6.26 Å². The van der Waals surface area contributed by atoms with Gasteiger partial charge in [0.15, 0.2) is 5.82 Å². The second-order valence-corrected chi connectivity index (χ2v) is 5.54. The molecular weight excluding hydrogens is 296 g/mol. The Balaban J connectivity index is 1.88. The third-order valence-corrected chi connectivity index (χ3v) is 3.75. The first kappa shape index (κ1) is 14.6. The number of aromatic nitrogens is 3. The average molecular weight is 312 g/mol. The zero-order chi connectivity index (χ0) is 15.4. The molecule has 2 aromatic heterocycles. The van der Waals surface area contributed by atoms with Gasteiger partial charge in [0.25, 0.3) is 0 Å². The van der Waals surface area contributed by atoms with Gasteiger partial charge in [-0.3, -0.25) is 0 Å². The number of aryl methyl sites for hydroxylation is 1. The van der Waals surface area contributed by atoms with Crippen molar-refractivity contribution in [3.05, 3.63) is 65.4 Å². The van der Waals surface area contributed by atoms with Gasteiger partial charge in [0.1, 0.15) is 11.5 Å². The van der Waals surface area contributed by atoms with Crippen molar-refractivity contribution in [3.63, 3.8) is 0 Å². The Morgan fingerprint density at radius 2 is 2.00 bits per heavy atom. The van der Waals surface area contributed by atoms with Crippen molar-refractivity contribution in [2.45, 2.75) is 18.5 Å². The second kappa shape index (κ2) is 6.62. The van der Waals surface area contributed by atoms with Crippen LogP contribution in [0.15, 0.2) is 57.1 Å². The molecule has 2 heterocycles. The van der Waals surface area contributed by atoms with Crippen molar-refractivity contribution in [1.29, 1.82) is 0 Å². The summed E-state index contributed by atoms with van der Waals surface area (Å²) in [5.74, 6) is 2.37. The van der Waals surface area contributed by atoms with E-state index in [0.717, 1.165) is 16.7 Å². The summed E-state index contributed by atoms with van der Waals surface area (Å²) in [4.78, 5) is 0. The topological polar surface area (TPSA) is 56.2 Å². The summed E-state index contributed by atoms with van der Waals surface area (Å²) in [6, 6.07) is 14.0. The van der Waals surface area contributed by atoms with E-state index in [0.29, 0.717) is 12.2 Å². The SMILES string of the molecule is CSc1nnc(Cc2ccccc2)n1/N=C\c1ccc(C)o1. The predicted octanol–water partition coefficient (Wildman–Crippen LogP) is 3.37. The van der Waals surface area contributed by atoms with Gasteiger partial charge in [-0.15, -0.1) is 10.2 Å². The third-order valence-electron chi connectivity index (χ3n) is 3.13. The Labute approximate surface area is 133 Å². The highest BCUT2D eigenvalue weighted by Gasteiger charge is 2.11. The van der Waals surface area contributed by atoms with Gasteiger partial charge >= 0.3 is 0 Å². The molecule has 6 heteroatoms. The minimum atomic E-state index is 0.683. The first-order valence-corrected chi connectivity index (χ1v) is 8.12. The van der Waals surface area contributed by atoms with E-state index < -0.39 is 0 Å². The molecule has 5 nitrogen and oxygen atoms in total. The highest BCUT2D eigenvalue weighted by molar-refractivity contribution is 7.98. The fourth-order valence-electron chi connectivity index (χ4n) is 2.07. The summed E-state index contributed by atoms with van der Waals surface area (Å²) in [6.45, 7) is 1.91. The molecule has 0 unspecified atom stereocenters. The summed E-state index contributed by atoms with van der Waals surface area (Å²) in [6.07, 6.45) is 4.33.